The molecule has 16 heavy (non-hydrogen) atoms. The van der Waals surface area contributed by atoms with E-state index >= 15 is 0 Å². The highest BCUT2D eigenvalue weighted by molar-refractivity contribution is 9.10. The lowest BCUT2D eigenvalue weighted by Crippen LogP contribution is -2.39. The zero-order chi connectivity index (χ0) is 12.1. The molecule has 3 nitrogen and oxygen atoms in total. The van der Waals surface area contributed by atoms with Crippen LogP contribution in [-0.4, -0.2) is 11.2 Å². The van der Waals surface area contributed by atoms with E-state index in [0.717, 1.165) is 9.37 Å². The van der Waals surface area contributed by atoms with Gasteiger partial charge < -0.3 is 0 Å². The Morgan fingerprint density at radius 1 is 1.50 bits per heavy atom. The number of halogens is 1. The molecule has 88 valence electrons. The largest absolute Gasteiger partial charge is 0.293 e. The monoisotopic (exact) mass is 302 g/mol. The van der Waals surface area contributed by atoms with E-state index in [9.17, 15) is 4.79 Å². The van der Waals surface area contributed by atoms with Crippen LogP contribution in [0.5, 0.6) is 0 Å². The average Bonchev–Trinajstić information content (AvgIpc) is 2.24. The van der Waals surface area contributed by atoms with Crippen LogP contribution in [0.25, 0.3) is 0 Å². The minimum Gasteiger partial charge on any atom is -0.293 e. The number of carbonyl (C=O) groups excluding carboxylic acids is 1. The number of rotatable bonds is 4. The van der Waals surface area contributed by atoms with Gasteiger partial charge in [-0.1, -0.05) is 35.8 Å². The number of hydrogen-bond donors (Lipinski definition) is 2. The zero-order valence-corrected chi connectivity index (χ0v) is 11.6. The number of thioether (sulfide) groups is 1. The molecule has 1 amide bonds. The van der Waals surface area contributed by atoms with Crippen molar-refractivity contribution in [3.05, 3.63) is 28.7 Å². The Balaban J connectivity index is 2.79. The summed E-state index contributed by atoms with van der Waals surface area (Å²) in [6, 6.07) is 7.88. The Kier molecular flexibility index (Phi) is 5.31. The van der Waals surface area contributed by atoms with Crippen LogP contribution < -0.4 is 11.3 Å². The van der Waals surface area contributed by atoms with Gasteiger partial charge >= 0.3 is 0 Å². The molecule has 0 aliphatic carbocycles. The predicted octanol–water partition coefficient (Wildman–Crippen LogP) is 2.56. The molecule has 0 aromatic heterocycles. The van der Waals surface area contributed by atoms with Crippen molar-refractivity contribution in [3.63, 3.8) is 0 Å². The quantitative estimate of drug-likeness (QED) is 0.389. The van der Waals surface area contributed by atoms with Crippen molar-refractivity contribution in [2.75, 3.05) is 0 Å². The standard InChI is InChI=1S/C11H15BrN2OS/c1-7(2)10(11(15)14-13)16-9-5-3-4-8(12)6-9/h3-7,10H,13H2,1-2H3,(H,14,15). The van der Waals surface area contributed by atoms with Crippen molar-refractivity contribution in [1.29, 1.82) is 0 Å². The number of carbonyl (C=O) groups is 1. The van der Waals surface area contributed by atoms with Crippen molar-refractivity contribution in [1.82, 2.24) is 5.43 Å². The SMILES string of the molecule is CC(C)C(Sc1cccc(Br)c1)C(=O)NN. The minimum atomic E-state index is -0.167. The molecular weight excluding hydrogens is 288 g/mol. The Morgan fingerprint density at radius 3 is 2.69 bits per heavy atom. The van der Waals surface area contributed by atoms with Crippen LogP contribution in [0.1, 0.15) is 13.8 Å². The van der Waals surface area contributed by atoms with Crippen LogP contribution in [0.15, 0.2) is 33.6 Å². The molecule has 0 saturated carbocycles. The first-order chi connectivity index (χ1) is 7.54. The van der Waals surface area contributed by atoms with E-state index in [1.54, 1.807) is 0 Å². The van der Waals surface area contributed by atoms with Gasteiger partial charge in [0.2, 0.25) is 5.91 Å². The third kappa shape index (κ3) is 3.81. The second-order valence-electron chi connectivity index (χ2n) is 3.75. The third-order valence-electron chi connectivity index (χ3n) is 2.07. The van der Waals surface area contributed by atoms with E-state index in [0.29, 0.717) is 0 Å². The Bertz CT molecular complexity index is 371. The van der Waals surface area contributed by atoms with E-state index < -0.39 is 0 Å². The summed E-state index contributed by atoms with van der Waals surface area (Å²) in [5.74, 6) is 5.26. The van der Waals surface area contributed by atoms with Crippen molar-refractivity contribution in [2.24, 2.45) is 11.8 Å². The maximum Gasteiger partial charge on any atom is 0.247 e. The lowest BCUT2D eigenvalue weighted by Gasteiger charge is -2.18. The van der Waals surface area contributed by atoms with Gasteiger partial charge in [0.05, 0.1) is 5.25 Å². The first kappa shape index (κ1) is 13.5. The fourth-order valence-electron chi connectivity index (χ4n) is 1.26. The number of hydrazine groups is 1. The highest BCUT2D eigenvalue weighted by atomic mass is 79.9. The topological polar surface area (TPSA) is 55.1 Å². The summed E-state index contributed by atoms with van der Waals surface area (Å²) >= 11 is 4.93. The summed E-state index contributed by atoms with van der Waals surface area (Å²) in [6.45, 7) is 4.01. The molecule has 0 aliphatic heterocycles. The molecule has 1 rings (SSSR count). The van der Waals surface area contributed by atoms with Gasteiger partial charge in [0, 0.05) is 9.37 Å². The van der Waals surface area contributed by atoms with Crippen LogP contribution in [0, 0.1) is 5.92 Å². The van der Waals surface area contributed by atoms with E-state index in [1.807, 2.05) is 38.1 Å². The van der Waals surface area contributed by atoms with Crippen molar-refractivity contribution < 1.29 is 4.79 Å². The van der Waals surface area contributed by atoms with Gasteiger partial charge in [-0.3, -0.25) is 10.2 Å². The molecule has 0 bridgehead atoms. The second kappa shape index (κ2) is 6.27. The van der Waals surface area contributed by atoms with E-state index in [2.05, 4.69) is 21.4 Å². The van der Waals surface area contributed by atoms with E-state index in [1.165, 1.54) is 11.8 Å². The van der Waals surface area contributed by atoms with Gasteiger partial charge in [-0.25, -0.2) is 5.84 Å². The second-order valence-corrected chi connectivity index (χ2v) is 5.88. The van der Waals surface area contributed by atoms with E-state index in [-0.39, 0.29) is 17.1 Å². The third-order valence-corrected chi connectivity index (χ3v) is 4.10. The van der Waals surface area contributed by atoms with Crippen molar-refractivity contribution in [2.45, 2.75) is 24.0 Å². The summed E-state index contributed by atoms with van der Waals surface area (Å²) in [5.41, 5.74) is 2.21. The first-order valence-electron chi connectivity index (χ1n) is 4.97. The van der Waals surface area contributed by atoms with Crippen molar-refractivity contribution >= 4 is 33.6 Å². The summed E-state index contributed by atoms with van der Waals surface area (Å²) < 4.78 is 1.01. The lowest BCUT2D eigenvalue weighted by molar-refractivity contribution is -0.121. The summed E-state index contributed by atoms with van der Waals surface area (Å²) in [6.07, 6.45) is 0. The maximum absolute atomic E-state index is 11.6. The maximum atomic E-state index is 11.6. The van der Waals surface area contributed by atoms with Gasteiger partial charge in [-0.05, 0) is 24.1 Å². The summed E-state index contributed by atoms with van der Waals surface area (Å²) in [5, 5.41) is -0.167. The van der Waals surface area contributed by atoms with E-state index in [4.69, 9.17) is 5.84 Å². The molecule has 0 fully saturated rings. The summed E-state index contributed by atoms with van der Waals surface area (Å²) in [4.78, 5) is 12.6. The van der Waals surface area contributed by atoms with Crippen LogP contribution in [0.3, 0.4) is 0 Å². The molecular formula is C11H15BrN2OS. The summed E-state index contributed by atoms with van der Waals surface area (Å²) in [7, 11) is 0. The molecule has 0 aliphatic rings. The predicted molar refractivity (Wildman–Crippen MR) is 71.0 cm³/mol. The number of benzene rings is 1. The lowest BCUT2D eigenvalue weighted by atomic mass is 10.1. The molecule has 1 atom stereocenters. The van der Waals surface area contributed by atoms with Gasteiger partial charge in [0.25, 0.3) is 0 Å². The normalized spacial score (nSPS) is 12.6. The fraction of sp³-hybridized carbons (Fsp3) is 0.364. The molecule has 0 saturated heterocycles. The Hall–Kier alpha value is -0.520. The molecule has 1 aromatic carbocycles. The molecule has 1 unspecified atom stereocenters. The fourth-order valence-corrected chi connectivity index (χ4v) is 2.90. The number of nitrogens with one attached hydrogen (secondary N) is 1. The molecule has 0 spiro atoms. The molecule has 0 radical (unpaired) electrons. The highest BCUT2D eigenvalue weighted by Gasteiger charge is 2.22. The average molecular weight is 303 g/mol. The van der Waals surface area contributed by atoms with Crippen LogP contribution in [0.2, 0.25) is 0 Å². The highest BCUT2D eigenvalue weighted by Crippen LogP contribution is 2.29. The molecule has 0 heterocycles. The zero-order valence-electron chi connectivity index (χ0n) is 9.24. The van der Waals surface area contributed by atoms with Crippen LogP contribution in [-0.2, 0) is 4.79 Å². The van der Waals surface area contributed by atoms with Crippen LogP contribution in [0.4, 0.5) is 0 Å². The smallest absolute Gasteiger partial charge is 0.247 e. The number of hydrogen-bond acceptors (Lipinski definition) is 3. The number of amides is 1. The van der Waals surface area contributed by atoms with Gasteiger partial charge in [-0.2, -0.15) is 0 Å². The van der Waals surface area contributed by atoms with Gasteiger partial charge in [0.15, 0.2) is 0 Å². The Labute approximate surface area is 108 Å². The molecule has 1 aromatic rings. The van der Waals surface area contributed by atoms with Crippen molar-refractivity contribution in [3.8, 4) is 0 Å². The Morgan fingerprint density at radius 2 is 2.19 bits per heavy atom. The van der Waals surface area contributed by atoms with Gasteiger partial charge in [0.1, 0.15) is 0 Å². The minimum absolute atomic E-state index is 0.139. The molecule has 5 heteroatoms. The number of nitrogens with two attached hydrogens (primary N) is 1. The molecule has 3 N–H and O–H groups in total. The van der Waals surface area contributed by atoms with Gasteiger partial charge in [-0.15, -0.1) is 11.8 Å². The van der Waals surface area contributed by atoms with Crippen LogP contribution >= 0.6 is 27.7 Å². The first-order valence-corrected chi connectivity index (χ1v) is 6.64.